The van der Waals surface area contributed by atoms with Crippen molar-refractivity contribution in [3.8, 4) is 11.6 Å². The third kappa shape index (κ3) is 9.20. The number of hydrogen-bond donors (Lipinski definition) is 3. The predicted molar refractivity (Wildman–Crippen MR) is 111 cm³/mol. The van der Waals surface area contributed by atoms with E-state index in [1.165, 1.54) is 12.8 Å². The molecule has 0 radical (unpaired) electrons. The summed E-state index contributed by atoms with van der Waals surface area (Å²) >= 11 is 0. The normalized spacial score (nSPS) is 15.7. The highest BCUT2D eigenvalue weighted by Gasteiger charge is 2.15. The number of pyridine rings is 1. The molecule has 3 rings (SSSR count). The lowest BCUT2D eigenvalue weighted by Gasteiger charge is -2.23. The van der Waals surface area contributed by atoms with E-state index < -0.39 is 11.9 Å². The fourth-order valence-electron chi connectivity index (χ4n) is 2.74. The van der Waals surface area contributed by atoms with Crippen molar-refractivity contribution in [2.75, 3.05) is 19.7 Å². The van der Waals surface area contributed by atoms with Crippen LogP contribution in [0.1, 0.15) is 18.4 Å². The van der Waals surface area contributed by atoms with Crippen LogP contribution in [0.15, 0.2) is 60.8 Å². The summed E-state index contributed by atoms with van der Waals surface area (Å²) in [6.45, 7) is 3.36. The molecule has 1 atom stereocenters. The third-order valence-electron chi connectivity index (χ3n) is 4.20. The van der Waals surface area contributed by atoms with E-state index in [9.17, 15) is 9.59 Å². The van der Waals surface area contributed by atoms with E-state index in [0.29, 0.717) is 37.2 Å². The van der Waals surface area contributed by atoms with Crippen LogP contribution in [0, 0.1) is 5.92 Å². The first-order chi connectivity index (χ1) is 14.5. The summed E-state index contributed by atoms with van der Waals surface area (Å²) in [5.74, 6) is -0.658. The Morgan fingerprint density at radius 1 is 1.07 bits per heavy atom. The number of nitrogens with one attached hydrogen (secondary N) is 1. The quantitative estimate of drug-likeness (QED) is 0.565. The predicted octanol–water partition coefficient (Wildman–Crippen LogP) is 2.75. The number of ether oxygens (including phenoxy) is 2. The molecule has 8 heteroatoms. The Hall–Kier alpha value is -3.39. The summed E-state index contributed by atoms with van der Waals surface area (Å²) < 4.78 is 11.7. The van der Waals surface area contributed by atoms with Crippen LogP contribution in [0.4, 0.5) is 0 Å². The van der Waals surface area contributed by atoms with Gasteiger partial charge in [0.1, 0.15) is 6.61 Å². The van der Waals surface area contributed by atoms with Crippen molar-refractivity contribution >= 4 is 11.9 Å². The average molecular weight is 414 g/mol. The molecule has 8 nitrogen and oxygen atoms in total. The summed E-state index contributed by atoms with van der Waals surface area (Å²) in [6, 6.07) is 13.9. The molecule has 2 aromatic rings. The molecule has 0 spiro atoms. The molecular weight excluding hydrogens is 388 g/mol. The minimum Gasteiger partial charge on any atom is -0.488 e. The van der Waals surface area contributed by atoms with E-state index in [2.05, 4.69) is 10.3 Å². The number of benzene rings is 1. The van der Waals surface area contributed by atoms with Gasteiger partial charge < -0.3 is 25.0 Å². The van der Waals surface area contributed by atoms with Gasteiger partial charge in [-0.25, -0.2) is 14.6 Å². The van der Waals surface area contributed by atoms with Crippen LogP contribution in [0.5, 0.6) is 11.6 Å². The van der Waals surface area contributed by atoms with E-state index in [1.807, 2.05) is 42.5 Å². The number of carboxylic acid groups (broad SMARTS) is 2. The summed E-state index contributed by atoms with van der Waals surface area (Å²) in [6.07, 6.45) is 5.28. The first kappa shape index (κ1) is 22.9. The molecule has 30 heavy (non-hydrogen) atoms. The van der Waals surface area contributed by atoms with Gasteiger partial charge in [0.25, 0.3) is 5.88 Å². The van der Waals surface area contributed by atoms with E-state index in [-0.39, 0.29) is 0 Å². The minimum atomic E-state index is -1.26. The highest BCUT2D eigenvalue weighted by atomic mass is 16.5. The Labute approximate surface area is 175 Å². The molecule has 0 saturated carbocycles. The standard InChI is InChI=1S/C18H22N2O2.C4H4O4/c1-2-6-15(7-3-1)13-22-18-17(9-5-11-20-18)21-14-16-8-4-10-19-12-16;5-3(6)1-2-4(7)8/h1-3,5-7,9,11,16,19H,4,8,10,12-14H2;1-2H,(H,5,6)(H,7,8)/b;2-1+. The Bertz CT molecular complexity index is 803. The monoisotopic (exact) mass is 414 g/mol. The number of aromatic nitrogens is 1. The van der Waals surface area contributed by atoms with Gasteiger partial charge in [-0.1, -0.05) is 30.3 Å². The fourth-order valence-corrected chi connectivity index (χ4v) is 2.74. The zero-order valence-corrected chi connectivity index (χ0v) is 16.6. The number of carbonyl (C=O) groups is 2. The van der Waals surface area contributed by atoms with Crippen LogP contribution < -0.4 is 14.8 Å². The minimum absolute atomic E-state index is 0.499. The number of rotatable bonds is 8. The molecule has 1 aromatic carbocycles. The molecule has 1 aliphatic heterocycles. The number of hydrogen-bond acceptors (Lipinski definition) is 6. The van der Waals surface area contributed by atoms with Crippen molar-refractivity contribution in [3.63, 3.8) is 0 Å². The Morgan fingerprint density at radius 2 is 1.80 bits per heavy atom. The molecule has 0 amide bonds. The Kier molecular flexibility index (Phi) is 9.88. The second-order valence-corrected chi connectivity index (χ2v) is 6.61. The van der Waals surface area contributed by atoms with Gasteiger partial charge in [-0.05, 0) is 37.1 Å². The molecule has 3 N–H and O–H groups in total. The lowest BCUT2D eigenvalue weighted by molar-refractivity contribution is -0.134. The SMILES string of the molecule is O=C(O)/C=C/C(=O)O.c1ccc(COc2ncccc2OCC2CCCNC2)cc1. The molecule has 0 aliphatic carbocycles. The molecular formula is C22H26N2O6. The molecule has 1 aromatic heterocycles. The maximum absolute atomic E-state index is 9.55. The van der Waals surface area contributed by atoms with Crippen molar-refractivity contribution in [2.45, 2.75) is 19.4 Å². The zero-order chi connectivity index (χ0) is 21.6. The third-order valence-corrected chi connectivity index (χ3v) is 4.20. The van der Waals surface area contributed by atoms with Crippen molar-refractivity contribution in [1.82, 2.24) is 10.3 Å². The van der Waals surface area contributed by atoms with Crippen LogP contribution >= 0.6 is 0 Å². The second-order valence-electron chi connectivity index (χ2n) is 6.61. The Balaban J connectivity index is 0.000000343. The van der Waals surface area contributed by atoms with Gasteiger partial charge in [0.2, 0.25) is 0 Å². The number of piperidine rings is 1. The number of aliphatic carboxylic acids is 2. The number of carboxylic acids is 2. The molecule has 1 fully saturated rings. The van der Waals surface area contributed by atoms with Gasteiger partial charge in [0.15, 0.2) is 5.75 Å². The summed E-state index contributed by atoms with van der Waals surface area (Å²) in [7, 11) is 0. The van der Waals surface area contributed by atoms with Crippen molar-refractivity contribution in [1.29, 1.82) is 0 Å². The maximum atomic E-state index is 9.55. The van der Waals surface area contributed by atoms with Crippen LogP contribution in [0.25, 0.3) is 0 Å². The zero-order valence-electron chi connectivity index (χ0n) is 16.6. The lowest BCUT2D eigenvalue weighted by atomic mass is 10.0. The largest absolute Gasteiger partial charge is 0.488 e. The molecule has 1 saturated heterocycles. The van der Waals surface area contributed by atoms with Gasteiger partial charge in [-0.3, -0.25) is 0 Å². The molecule has 1 unspecified atom stereocenters. The molecule has 0 bridgehead atoms. The molecule has 2 heterocycles. The van der Waals surface area contributed by atoms with Crippen LogP contribution in [-0.2, 0) is 16.2 Å². The van der Waals surface area contributed by atoms with Gasteiger partial charge in [-0.2, -0.15) is 0 Å². The molecule has 160 valence electrons. The van der Waals surface area contributed by atoms with Gasteiger partial charge in [0.05, 0.1) is 6.61 Å². The van der Waals surface area contributed by atoms with E-state index >= 15 is 0 Å². The van der Waals surface area contributed by atoms with Gasteiger partial charge in [0, 0.05) is 30.8 Å². The van der Waals surface area contributed by atoms with Crippen LogP contribution in [-0.4, -0.2) is 46.8 Å². The van der Waals surface area contributed by atoms with Crippen molar-refractivity contribution in [2.24, 2.45) is 5.92 Å². The molecule has 1 aliphatic rings. The van der Waals surface area contributed by atoms with Gasteiger partial charge >= 0.3 is 11.9 Å². The topological polar surface area (TPSA) is 118 Å². The second kappa shape index (κ2) is 12.9. The van der Waals surface area contributed by atoms with E-state index in [4.69, 9.17) is 19.7 Å². The smallest absolute Gasteiger partial charge is 0.328 e. The van der Waals surface area contributed by atoms with E-state index in [1.54, 1.807) is 6.20 Å². The highest BCUT2D eigenvalue weighted by molar-refractivity contribution is 5.89. The van der Waals surface area contributed by atoms with Gasteiger partial charge in [-0.15, -0.1) is 0 Å². The fraction of sp³-hybridized carbons (Fsp3) is 0.318. The van der Waals surface area contributed by atoms with E-state index in [0.717, 1.165) is 24.4 Å². The van der Waals surface area contributed by atoms with Crippen LogP contribution in [0.3, 0.4) is 0 Å². The van der Waals surface area contributed by atoms with Crippen molar-refractivity contribution < 1.29 is 29.3 Å². The summed E-state index contributed by atoms with van der Waals surface area (Å²) in [5, 5.41) is 19.0. The average Bonchev–Trinajstić information content (AvgIpc) is 2.77. The number of nitrogens with zero attached hydrogens (tertiary/aromatic N) is 1. The first-order valence-electron chi connectivity index (χ1n) is 9.63. The summed E-state index contributed by atoms with van der Waals surface area (Å²) in [4.78, 5) is 23.4. The van der Waals surface area contributed by atoms with Crippen LogP contribution in [0.2, 0.25) is 0 Å². The summed E-state index contributed by atoms with van der Waals surface area (Å²) in [5.41, 5.74) is 1.12. The lowest BCUT2D eigenvalue weighted by Crippen LogP contribution is -2.33. The Morgan fingerprint density at radius 3 is 2.43 bits per heavy atom. The maximum Gasteiger partial charge on any atom is 0.328 e. The first-order valence-corrected chi connectivity index (χ1v) is 9.63. The van der Waals surface area contributed by atoms with Crippen molar-refractivity contribution in [3.05, 3.63) is 66.4 Å². The highest BCUT2D eigenvalue weighted by Crippen LogP contribution is 2.25.